The molecule has 0 fully saturated rings. The summed E-state index contributed by atoms with van der Waals surface area (Å²) in [5, 5.41) is 0. The molecule has 1 rings (SSSR count). The number of nitrogens with zero attached hydrogens (tertiary/aromatic N) is 2. The van der Waals surface area contributed by atoms with Gasteiger partial charge in [0, 0.05) is 32.9 Å². The molecule has 0 amide bonds. The molecule has 17 heavy (non-hydrogen) atoms. The highest BCUT2D eigenvalue weighted by molar-refractivity contribution is 5.46. The lowest BCUT2D eigenvalue weighted by Crippen LogP contribution is -2.24. The number of ether oxygens (including phenoxy) is 1. The molecule has 4 nitrogen and oxygen atoms in total. The van der Waals surface area contributed by atoms with Crippen LogP contribution < -0.4 is 10.6 Å². The minimum absolute atomic E-state index is 0.174. The van der Waals surface area contributed by atoms with Gasteiger partial charge >= 0.3 is 0 Å². The molecular formula is C13H23N3O. The van der Waals surface area contributed by atoms with Crippen molar-refractivity contribution in [1.29, 1.82) is 0 Å². The Bertz CT molecular complexity index is 353. The molecule has 0 aliphatic carbocycles. The third-order valence-electron chi connectivity index (χ3n) is 2.66. The van der Waals surface area contributed by atoms with Crippen LogP contribution in [0.2, 0.25) is 0 Å². The summed E-state index contributed by atoms with van der Waals surface area (Å²) in [5.74, 6) is 1.01. The molecular weight excluding hydrogens is 214 g/mol. The molecule has 1 aromatic heterocycles. The molecule has 0 saturated heterocycles. The summed E-state index contributed by atoms with van der Waals surface area (Å²) in [6.45, 7) is 5.64. The van der Waals surface area contributed by atoms with E-state index in [-0.39, 0.29) is 6.04 Å². The molecule has 0 aliphatic rings. The molecule has 0 spiro atoms. The number of rotatable bonds is 6. The van der Waals surface area contributed by atoms with E-state index >= 15 is 0 Å². The van der Waals surface area contributed by atoms with Crippen LogP contribution in [0.5, 0.6) is 0 Å². The topological polar surface area (TPSA) is 51.4 Å². The lowest BCUT2D eigenvalue weighted by molar-refractivity contribution is 0.206. The van der Waals surface area contributed by atoms with Gasteiger partial charge in [-0.3, -0.25) is 0 Å². The van der Waals surface area contributed by atoms with Gasteiger partial charge in [-0.15, -0.1) is 0 Å². The average Bonchev–Trinajstić information content (AvgIpc) is 2.25. The molecule has 0 radical (unpaired) electrons. The summed E-state index contributed by atoms with van der Waals surface area (Å²) >= 11 is 0. The summed E-state index contributed by atoms with van der Waals surface area (Å²) in [4.78, 5) is 6.60. The molecule has 2 N–H and O–H groups in total. The van der Waals surface area contributed by atoms with Crippen molar-refractivity contribution in [3.8, 4) is 0 Å². The smallest absolute Gasteiger partial charge is 0.131 e. The Balaban J connectivity index is 2.74. The van der Waals surface area contributed by atoms with Gasteiger partial charge in [0.1, 0.15) is 5.82 Å². The number of pyridine rings is 1. The fourth-order valence-electron chi connectivity index (χ4n) is 1.84. The first-order valence-electron chi connectivity index (χ1n) is 5.95. The Kier molecular flexibility index (Phi) is 5.38. The van der Waals surface area contributed by atoms with Crippen LogP contribution in [0.3, 0.4) is 0 Å². The van der Waals surface area contributed by atoms with Crippen molar-refractivity contribution in [1.82, 2.24) is 4.98 Å². The van der Waals surface area contributed by atoms with Crippen LogP contribution in [0.1, 0.15) is 18.1 Å². The van der Waals surface area contributed by atoms with Crippen molar-refractivity contribution in [2.45, 2.75) is 26.3 Å². The van der Waals surface area contributed by atoms with Crippen LogP contribution in [-0.4, -0.2) is 38.3 Å². The predicted molar refractivity (Wildman–Crippen MR) is 71.5 cm³/mol. The van der Waals surface area contributed by atoms with Gasteiger partial charge in [-0.1, -0.05) is 6.07 Å². The molecule has 96 valence electrons. The third-order valence-corrected chi connectivity index (χ3v) is 2.66. The molecule has 1 heterocycles. The van der Waals surface area contributed by atoms with E-state index in [0.717, 1.165) is 18.8 Å². The van der Waals surface area contributed by atoms with Crippen LogP contribution in [0, 0.1) is 6.92 Å². The number of likely N-dealkylation sites (N-methyl/N-ethyl adjacent to an activating group) is 1. The number of methoxy groups -OCH3 is 1. The third kappa shape index (κ3) is 4.32. The van der Waals surface area contributed by atoms with E-state index in [4.69, 9.17) is 10.5 Å². The minimum atomic E-state index is 0.174. The Labute approximate surface area is 104 Å². The summed E-state index contributed by atoms with van der Waals surface area (Å²) in [6.07, 6.45) is 2.78. The lowest BCUT2D eigenvalue weighted by Gasteiger charge is -2.20. The molecule has 1 unspecified atom stereocenters. The lowest BCUT2D eigenvalue weighted by atomic mass is 10.1. The standard InChI is InChI=1S/C13H23N3O/c1-10-7-12(8-11(2)14)9-15-13(10)16(3)5-6-17-4/h7,9,11H,5-6,8,14H2,1-4H3. The zero-order chi connectivity index (χ0) is 12.8. The zero-order valence-electron chi connectivity index (χ0n) is 11.2. The molecule has 0 aliphatic heterocycles. The van der Waals surface area contributed by atoms with E-state index in [1.165, 1.54) is 11.1 Å². The maximum atomic E-state index is 5.78. The Hall–Kier alpha value is -1.13. The van der Waals surface area contributed by atoms with Gasteiger partial charge < -0.3 is 15.4 Å². The number of anilines is 1. The van der Waals surface area contributed by atoms with Gasteiger partial charge in [0.2, 0.25) is 0 Å². The molecule has 4 heteroatoms. The fourth-order valence-corrected chi connectivity index (χ4v) is 1.84. The van der Waals surface area contributed by atoms with E-state index < -0.39 is 0 Å². The highest BCUT2D eigenvalue weighted by Crippen LogP contribution is 2.17. The Morgan fingerprint density at radius 3 is 2.76 bits per heavy atom. The molecule has 0 bridgehead atoms. The predicted octanol–water partition coefficient (Wildman–Crippen LogP) is 1.36. The van der Waals surface area contributed by atoms with Crippen LogP contribution in [0.15, 0.2) is 12.3 Å². The number of aryl methyl sites for hydroxylation is 1. The molecule has 1 atom stereocenters. The first kappa shape index (κ1) is 13.9. The Morgan fingerprint density at radius 2 is 2.24 bits per heavy atom. The number of hydrogen-bond acceptors (Lipinski definition) is 4. The highest BCUT2D eigenvalue weighted by Gasteiger charge is 2.07. The van der Waals surface area contributed by atoms with Gasteiger partial charge in [-0.2, -0.15) is 0 Å². The number of nitrogens with two attached hydrogens (primary N) is 1. The van der Waals surface area contributed by atoms with Crippen molar-refractivity contribution in [3.05, 3.63) is 23.4 Å². The monoisotopic (exact) mass is 237 g/mol. The van der Waals surface area contributed by atoms with Gasteiger partial charge in [-0.25, -0.2) is 4.98 Å². The summed E-state index contributed by atoms with van der Waals surface area (Å²) in [5.41, 5.74) is 8.16. The largest absolute Gasteiger partial charge is 0.383 e. The second kappa shape index (κ2) is 6.57. The van der Waals surface area contributed by atoms with Crippen LogP contribution in [-0.2, 0) is 11.2 Å². The number of hydrogen-bond donors (Lipinski definition) is 1. The second-order valence-electron chi connectivity index (χ2n) is 4.58. The number of aromatic nitrogens is 1. The van der Waals surface area contributed by atoms with Gasteiger partial charge in [0.25, 0.3) is 0 Å². The van der Waals surface area contributed by atoms with Crippen molar-refractivity contribution >= 4 is 5.82 Å². The second-order valence-corrected chi connectivity index (χ2v) is 4.58. The van der Waals surface area contributed by atoms with Crippen LogP contribution >= 0.6 is 0 Å². The highest BCUT2D eigenvalue weighted by atomic mass is 16.5. The molecule has 1 aromatic rings. The van der Waals surface area contributed by atoms with Crippen molar-refractivity contribution < 1.29 is 4.74 Å². The van der Waals surface area contributed by atoms with E-state index in [1.54, 1.807) is 7.11 Å². The molecule has 0 saturated carbocycles. The van der Waals surface area contributed by atoms with Gasteiger partial charge in [0.15, 0.2) is 0 Å². The van der Waals surface area contributed by atoms with Crippen LogP contribution in [0.25, 0.3) is 0 Å². The fraction of sp³-hybridized carbons (Fsp3) is 0.615. The maximum absolute atomic E-state index is 5.78. The first-order chi connectivity index (χ1) is 8.04. The summed E-state index contributed by atoms with van der Waals surface area (Å²) < 4.78 is 5.06. The van der Waals surface area contributed by atoms with E-state index in [2.05, 4.69) is 22.9 Å². The minimum Gasteiger partial charge on any atom is -0.383 e. The normalized spacial score (nSPS) is 12.5. The van der Waals surface area contributed by atoms with Crippen LogP contribution in [0.4, 0.5) is 5.82 Å². The maximum Gasteiger partial charge on any atom is 0.131 e. The molecule has 0 aromatic carbocycles. The quantitative estimate of drug-likeness (QED) is 0.811. The Morgan fingerprint density at radius 1 is 1.53 bits per heavy atom. The van der Waals surface area contributed by atoms with E-state index in [9.17, 15) is 0 Å². The zero-order valence-corrected chi connectivity index (χ0v) is 11.2. The summed E-state index contributed by atoms with van der Waals surface area (Å²) in [7, 11) is 3.74. The van der Waals surface area contributed by atoms with Crippen molar-refractivity contribution in [2.75, 3.05) is 32.2 Å². The first-order valence-corrected chi connectivity index (χ1v) is 5.95. The van der Waals surface area contributed by atoms with Crippen molar-refractivity contribution in [2.24, 2.45) is 5.73 Å². The van der Waals surface area contributed by atoms with E-state index in [1.807, 2.05) is 20.2 Å². The van der Waals surface area contributed by atoms with E-state index in [0.29, 0.717) is 6.61 Å². The SMILES string of the molecule is COCCN(C)c1ncc(CC(C)N)cc1C. The van der Waals surface area contributed by atoms with Gasteiger partial charge in [-0.05, 0) is 31.4 Å². The van der Waals surface area contributed by atoms with Gasteiger partial charge in [0.05, 0.1) is 6.61 Å². The average molecular weight is 237 g/mol. The summed E-state index contributed by atoms with van der Waals surface area (Å²) in [6, 6.07) is 2.34. The van der Waals surface area contributed by atoms with Crippen molar-refractivity contribution in [3.63, 3.8) is 0 Å².